The summed E-state index contributed by atoms with van der Waals surface area (Å²) in [6, 6.07) is 4.18. The molecule has 112 valence electrons. The molecule has 0 aliphatic carbocycles. The van der Waals surface area contributed by atoms with E-state index in [1.807, 2.05) is 4.90 Å². The molecule has 0 unspecified atom stereocenters. The fourth-order valence-corrected chi connectivity index (χ4v) is 2.66. The van der Waals surface area contributed by atoms with E-state index < -0.39 is 0 Å². The minimum atomic E-state index is -0.378. The van der Waals surface area contributed by atoms with Crippen molar-refractivity contribution in [3.63, 3.8) is 0 Å². The van der Waals surface area contributed by atoms with Crippen LogP contribution in [-0.2, 0) is 9.53 Å². The van der Waals surface area contributed by atoms with Crippen LogP contribution < -0.4 is 4.90 Å². The van der Waals surface area contributed by atoms with Gasteiger partial charge in [-0.15, -0.1) is 0 Å². The van der Waals surface area contributed by atoms with Crippen molar-refractivity contribution in [2.45, 2.75) is 32.2 Å². The molecule has 1 aliphatic rings. The van der Waals surface area contributed by atoms with Crippen molar-refractivity contribution in [2.24, 2.45) is 0 Å². The Morgan fingerprint density at radius 1 is 1.52 bits per heavy atom. The van der Waals surface area contributed by atoms with E-state index in [0.29, 0.717) is 36.7 Å². The topological polar surface area (TPSA) is 55.6 Å². The summed E-state index contributed by atoms with van der Waals surface area (Å²) in [6.45, 7) is 2.81. The number of aromatic nitrogens is 1. The number of anilines is 1. The summed E-state index contributed by atoms with van der Waals surface area (Å²) in [6.07, 6.45) is 2.64. The van der Waals surface area contributed by atoms with E-state index in [0.717, 1.165) is 12.8 Å². The van der Waals surface area contributed by atoms with Crippen molar-refractivity contribution < 1.29 is 18.3 Å². The maximum absolute atomic E-state index is 13.2. The molecule has 1 aliphatic heterocycles. The van der Waals surface area contributed by atoms with E-state index in [4.69, 9.17) is 9.15 Å². The van der Waals surface area contributed by atoms with Crippen molar-refractivity contribution >= 4 is 23.1 Å². The highest BCUT2D eigenvalue weighted by atomic mass is 19.1. The molecule has 2 heterocycles. The molecule has 1 fully saturated rings. The summed E-state index contributed by atoms with van der Waals surface area (Å²) in [5.74, 6) is -0.617. The van der Waals surface area contributed by atoms with Crippen LogP contribution in [0.1, 0.15) is 26.2 Å². The van der Waals surface area contributed by atoms with Crippen LogP contribution in [0.4, 0.5) is 10.4 Å². The van der Waals surface area contributed by atoms with E-state index in [2.05, 4.69) is 4.98 Å². The molecular weight excluding hydrogens is 275 g/mol. The number of halogens is 1. The smallest absolute Gasteiger partial charge is 0.328 e. The minimum Gasteiger partial charge on any atom is -0.464 e. The highest BCUT2D eigenvalue weighted by molar-refractivity contribution is 5.81. The molecule has 1 aromatic carbocycles. The Hall–Kier alpha value is -2.11. The SMILES string of the molecule is CCOC(=O)[C@@H]1CCCCN1c1nc2cc(F)ccc2o1. The van der Waals surface area contributed by atoms with Crippen LogP contribution >= 0.6 is 0 Å². The summed E-state index contributed by atoms with van der Waals surface area (Å²) >= 11 is 0. The number of esters is 1. The maximum Gasteiger partial charge on any atom is 0.328 e. The lowest BCUT2D eigenvalue weighted by Crippen LogP contribution is -2.45. The molecule has 1 saturated heterocycles. The van der Waals surface area contributed by atoms with Gasteiger partial charge >= 0.3 is 5.97 Å². The van der Waals surface area contributed by atoms with Gasteiger partial charge in [0.25, 0.3) is 6.01 Å². The molecule has 1 atom stereocenters. The van der Waals surface area contributed by atoms with E-state index in [1.165, 1.54) is 12.1 Å². The third-order valence-electron chi connectivity index (χ3n) is 3.65. The van der Waals surface area contributed by atoms with Gasteiger partial charge in [0.1, 0.15) is 17.4 Å². The average molecular weight is 292 g/mol. The minimum absolute atomic E-state index is 0.259. The van der Waals surface area contributed by atoms with Crippen LogP contribution in [0, 0.1) is 5.82 Å². The molecular formula is C15H17FN2O3. The normalized spacial score (nSPS) is 19.0. The lowest BCUT2D eigenvalue weighted by atomic mass is 10.0. The summed E-state index contributed by atoms with van der Waals surface area (Å²) in [5.41, 5.74) is 0.970. The van der Waals surface area contributed by atoms with E-state index >= 15 is 0 Å². The quantitative estimate of drug-likeness (QED) is 0.814. The first-order valence-electron chi connectivity index (χ1n) is 7.18. The van der Waals surface area contributed by atoms with Crippen LogP contribution in [-0.4, -0.2) is 30.1 Å². The second-order valence-electron chi connectivity index (χ2n) is 5.07. The summed E-state index contributed by atoms with van der Waals surface area (Å²) < 4.78 is 24.0. The van der Waals surface area contributed by atoms with Gasteiger partial charge in [-0.1, -0.05) is 0 Å². The molecule has 0 amide bonds. The number of ether oxygens (including phenoxy) is 1. The molecule has 0 spiro atoms. The second kappa shape index (κ2) is 5.71. The monoisotopic (exact) mass is 292 g/mol. The zero-order valence-corrected chi connectivity index (χ0v) is 11.8. The largest absolute Gasteiger partial charge is 0.464 e. The molecule has 3 rings (SSSR count). The number of oxazole rings is 1. The Morgan fingerprint density at radius 2 is 2.38 bits per heavy atom. The molecule has 5 nitrogen and oxygen atoms in total. The Balaban J connectivity index is 1.92. The Morgan fingerprint density at radius 3 is 3.19 bits per heavy atom. The maximum atomic E-state index is 13.2. The zero-order chi connectivity index (χ0) is 14.8. The fourth-order valence-electron chi connectivity index (χ4n) is 2.66. The van der Waals surface area contributed by atoms with Crippen LogP contribution in [0.15, 0.2) is 22.6 Å². The first kappa shape index (κ1) is 13.9. The van der Waals surface area contributed by atoms with Crippen LogP contribution in [0.5, 0.6) is 0 Å². The molecule has 0 radical (unpaired) electrons. The van der Waals surface area contributed by atoms with Crippen LogP contribution in [0.3, 0.4) is 0 Å². The van der Waals surface area contributed by atoms with Gasteiger partial charge in [0.2, 0.25) is 0 Å². The van der Waals surface area contributed by atoms with Crippen molar-refractivity contribution in [3.8, 4) is 0 Å². The second-order valence-corrected chi connectivity index (χ2v) is 5.07. The molecule has 21 heavy (non-hydrogen) atoms. The van der Waals surface area contributed by atoms with Crippen LogP contribution in [0.2, 0.25) is 0 Å². The van der Waals surface area contributed by atoms with E-state index in [1.54, 1.807) is 13.0 Å². The first-order valence-corrected chi connectivity index (χ1v) is 7.18. The number of rotatable bonds is 3. The standard InChI is InChI=1S/C15H17FN2O3/c1-2-20-14(19)12-5-3-4-8-18(12)15-17-11-9-10(16)6-7-13(11)21-15/h6-7,9,12H,2-5,8H2,1H3/t12-/m0/s1. The lowest BCUT2D eigenvalue weighted by molar-refractivity contribution is -0.145. The van der Waals surface area contributed by atoms with E-state index in [-0.39, 0.29) is 17.8 Å². The Kier molecular flexibility index (Phi) is 3.77. The predicted octanol–water partition coefficient (Wildman–Crippen LogP) is 2.89. The number of nitrogens with zero attached hydrogens (tertiary/aromatic N) is 2. The molecule has 2 aromatic rings. The van der Waals surface area contributed by atoms with Gasteiger partial charge in [0.05, 0.1) is 6.61 Å². The van der Waals surface area contributed by atoms with Crippen molar-refractivity contribution in [1.29, 1.82) is 0 Å². The van der Waals surface area contributed by atoms with E-state index in [9.17, 15) is 9.18 Å². The summed E-state index contributed by atoms with van der Waals surface area (Å²) in [4.78, 5) is 18.2. The van der Waals surface area contributed by atoms with Gasteiger partial charge in [-0.3, -0.25) is 0 Å². The molecule has 1 aromatic heterocycles. The Labute approximate surface area is 121 Å². The van der Waals surface area contributed by atoms with Gasteiger partial charge in [0, 0.05) is 12.6 Å². The number of piperidine rings is 1. The van der Waals surface area contributed by atoms with Crippen molar-refractivity contribution in [1.82, 2.24) is 4.98 Å². The van der Waals surface area contributed by atoms with Crippen molar-refractivity contribution in [2.75, 3.05) is 18.1 Å². The average Bonchev–Trinajstić information content (AvgIpc) is 2.90. The van der Waals surface area contributed by atoms with Crippen LogP contribution in [0.25, 0.3) is 11.1 Å². The fraction of sp³-hybridized carbons (Fsp3) is 0.467. The van der Waals surface area contributed by atoms with Gasteiger partial charge in [-0.25, -0.2) is 9.18 Å². The van der Waals surface area contributed by atoms with Gasteiger partial charge in [-0.2, -0.15) is 4.98 Å². The number of hydrogen-bond acceptors (Lipinski definition) is 5. The molecule has 0 bridgehead atoms. The summed E-state index contributed by atoms with van der Waals surface area (Å²) in [5, 5.41) is 0. The van der Waals surface area contributed by atoms with Gasteiger partial charge in [-0.05, 0) is 38.3 Å². The van der Waals surface area contributed by atoms with Crippen molar-refractivity contribution in [3.05, 3.63) is 24.0 Å². The highest BCUT2D eigenvalue weighted by Crippen LogP contribution is 2.28. The first-order chi connectivity index (χ1) is 10.2. The summed E-state index contributed by atoms with van der Waals surface area (Å²) in [7, 11) is 0. The third kappa shape index (κ3) is 2.70. The lowest BCUT2D eigenvalue weighted by Gasteiger charge is -2.32. The molecule has 0 saturated carbocycles. The predicted molar refractivity (Wildman–Crippen MR) is 75.6 cm³/mol. The number of carbonyl (C=O) groups is 1. The molecule has 6 heteroatoms. The highest BCUT2D eigenvalue weighted by Gasteiger charge is 2.32. The molecule has 0 N–H and O–H groups in total. The number of fused-ring (bicyclic) bond motifs is 1. The van der Waals surface area contributed by atoms with Gasteiger partial charge in [0.15, 0.2) is 5.58 Å². The third-order valence-corrected chi connectivity index (χ3v) is 3.65. The number of hydrogen-bond donors (Lipinski definition) is 0. The zero-order valence-electron chi connectivity index (χ0n) is 11.8. The Bertz CT molecular complexity index is 655. The van der Waals surface area contributed by atoms with Gasteiger partial charge < -0.3 is 14.1 Å². The number of benzene rings is 1. The number of carbonyl (C=O) groups excluding carboxylic acids is 1.